The van der Waals surface area contributed by atoms with Crippen molar-refractivity contribution < 1.29 is 4.79 Å². The van der Waals surface area contributed by atoms with E-state index in [9.17, 15) is 4.79 Å². The molecule has 1 unspecified atom stereocenters. The average Bonchev–Trinajstić information content (AvgIpc) is 2.03. The minimum absolute atomic E-state index is 0.130. The maximum atomic E-state index is 10.5. The summed E-state index contributed by atoms with van der Waals surface area (Å²) in [5.74, 6) is 0.130. The molecule has 0 heterocycles. The largest absolute Gasteiger partial charge is 0.295 e. The molecule has 0 amide bonds. The van der Waals surface area contributed by atoms with Gasteiger partial charge in [-0.15, -0.1) is 0 Å². The van der Waals surface area contributed by atoms with Gasteiger partial charge in [0.05, 0.1) is 0 Å². The Bertz CT molecular complexity index is 155. The maximum absolute atomic E-state index is 10.5. The molecule has 0 fully saturated rings. The van der Waals surface area contributed by atoms with Crippen molar-refractivity contribution in [1.82, 2.24) is 0 Å². The molecule has 0 aromatic carbocycles. The number of carbonyl (C=O) groups is 1. The van der Waals surface area contributed by atoms with Gasteiger partial charge in [0.1, 0.15) is 0 Å². The molecule has 0 aromatic rings. The third-order valence-corrected chi connectivity index (χ3v) is 3.84. The smallest absolute Gasteiger partial charge is 0.152 e. The molecule has 0 aliphatic carbocycles. The first-order valence-electron chi connectivity index (χ1n) is 4.04. The monoisotopic (exact) mass is 296 g/mol. The Kier molecular flexibility index (Phi) is 8.24. The molecule has 1 nitrogen and oxygen atoms in total. The minimum Gasteiger partial charge on any atom is -0.295 e. The predicted molar refractivity (Wildman–Crippen MR) is 60.2 cm³/mol. The Morgan fingerprint density at radius 1 is 1.58 bits per heavy atom. The molecule has 0 aliphatic rings. The van der Waals surface area contributed by atoms with Crippen LogP contribution in [-0.4, -0.2) is 15.9 Å². The van der Waals surface area contributed by atoms with Crippen molar-refractivity contribution >= 4 is 37.6 Å². The van der Waals surface area contributed by atoms with Gasteiger partial charge in [0, 0.05) is 10.2 Å². The normalized spacial score (nSPS) is 13.6. The van der Waals surface area contributed by atoms with Gasteiger partial charge in [-0.1, -0.05) is 37.9 Å². The Morgan fingerprint density at radius 2 is 2.25 bits per heavy atom. The molecule has 1 atom stereocenters. The molecule has 0 saturated carbocycles. The molecule has 0 rings (SSSR count). The molecule has 0 N–H and O–H groups in total. The van der Waals surface area contributed by atoms with Crippen LogP contribution in [-0.2, 0) is 4.79 Å². The molecular formula is C9H14Br2O. The van der Waals surface area contributed by atoms with Gasteiger partial charge in [-0.2, -0.15) is 0 Å². The Morgan fingerprint density at radius 3 is 2.75 bits per heavy atom. The lowest BCUT2D eigenvalue weighted by molar-refractivity contribution is -0.112. The molecule has 3 heteroatoms. The zero-order valence-corrected chi connectivity index (χ0v) is 10.4. The Balaban J connectivity index is 3.26. The standard InChI is InChI=1S/C9H14Br2O/c1-8(12)5-3-2-4-6-9(11)7-10/h3,5,9H,2,4,6-7H2,1H3/b5-3+. The second-order valence-corrected chi connectivity index (χ2v) is 4.64. The first kappa shape index (κ1) is 12.4. The summed E-state index contributed by atoms with van der Waals surface area (Å²) in [5, 5.41) is 0.990. The number of hydrogen-bond acceptors (Lipinski definition) is 1. The van der Waals surface area contributed by atoms with Crippen LogP contribution in [0.15, 0.2) is 12.2 Å². The topological polar surface area (TPSA) is 17.1 Å². The van der Waals surface area contributed by atoms with Crippen molar-refractivity contribution in [2.75, 3.05) is 5.33 Å². The van der Waals surface area contributed by atoms with Crippen LogP contribution in [0, 0.1) is 0 Å². The third-order valence-electron chi connectivity index (χ3n) is 1.41. The number of rotatable bonds is 6. The number of carbonyl (C=O) groups excluding carboxylic acids is 1. The summed E-state index contributed by atoms with van der Waals surface area (Å²) in [4.78, 5) is 11.1. The van der Waals surface area contributed by atoms with E-state index in [1.165, 1.54) is 0 Å². The van der Waals surface area contributed by atoms with Gasteiger partial charge in [0.2, 0.25) is 0 Å². The van der Waals surface area contributed by atoms with E-state index in [2.05, 4.69) is 31.9 Å². The highest BCUT2D eigenvalue weighted by Gasteiger charge is 1.98. The Labute approximate surface area is 90.9 Å². The molecular weight excluding hydrogens is 284 g/mol. The van der Waals surface area contributed by atoms with Gasteiger partial charge >= 0.3 is 0 Å². The van der Waals surface area contributed by atoms with Crippen LogP contribution in [0.4, 0.5) is 0 Å². The van der Waals surface area contributed by atoms with Crippen LogP contribution >= 0.6 is 31.9 Å². The lowest BCUT2D eigenvalue weighted by atomic mass is 10.2. The van der Waals surface area contributed by atoms with Crippen LogP contribution < -0.4 is 0 Å². The summed E-state index contributed by atoms with van der Waals surface area (Å²) < 4.78 is 0. The van der Waals surface area contributed by atoms with E-state index in [1.807, 2.05) is 6.08 Å². The molecule has 0 bridgehead atoms. The van der Waals surface area contributed by atoms with E-state index < -0.39 is 0 Å². The molecule has 70 valence electrons. The Hall–Kier alpha value is 0.370. The fraction of sp³-hybridized carbons (Fsp3) is 0.667. The highest BCUT2D eigenvalue weighted by Crippen LogP contribution is 2.12. The fourth-order valence-electron chi connectivity index (χ4n) is 0.784. The molecule has 12 heavy (non-hydrogen) atoms. The van der Waals surface area contributed by atoms with Crippen molar-refractivity contribution in [3.8, 4) is 0 Å². The van der Waals surface area contributed by atoms with E-state index >= 15 is 0 Å². The van der Waals surface area contributed by atoms with Gasteiger partial charge < -0.3 is 0 Å². The van der Waals surface area contributed by atoms with Crippen LogP contribution in [0.3, 0.4) is 0 Å². The maximum Gasteiger partial charge on any atom is 0.152 e. The first-order valence-corrected chi connectivity index (χ1v) is 6.07. The molecule has 0 radical (unpaired) electrons. The quantitative estimate of drug-likeness (QED) is 0.417. The van der Waals surface area contributed by atoms with E-state index in [-0.39, 0.29) is 5.78 Å². The fourth-order valence-corrected chi connectivity index (χ4v) is 1.43. The lowest BCUT2D eigenvalue weighted by Gasteiger charge is -2.02. The number of hydrogen-bond donors (Lipinski definition) is 0. The van der Waals surface area contributed by atoms with Crippen molar-refractivity contribution in [2.45, 2.75) is 31.0 Å². The highest BCUT2D eigenvalue weighted by atomic mass is 79.9. The lowest BCUT2D eigenvalue weighted by Crippen LogP contribution is -1.97. The van der Waals surface area contributed by atoms with Gasteiger partial charge in [-0.25, -0.2) is 0 Å². The number of halogens is 2. The van der Waals surface area contributed by atoms with Crippen LogP contribution in [0.5, 0.6) is 0 Å². The molecule has 0 spiro atoms. The minimum atomic E-state index is 0.130. The number of alkyl halides is 2. The van der Waals surface area contributed by atoms with Gasteiger partial charge in [-0.05, 0) is 32.3 Å². The number of ketones is 1. The van der Waals surface area contributed by atoms with Gasteiger partial charge in [-0.3, -0.25) is 4.79 Å². The van der Waals surface area contributed by atoms with E-state index in [0.717, 1.165) is 24.6 Å². The predicted octanol–water partition coefficient (Wildman–Crippen LogP) is 3.46. The average molecular weight is 298 g/mol. The zero-order chi connectivity index (χ0) is 9.40. The van der Waals surface area contributed by atoms with Crippen LogP contribution in [0.1, 0.15) is 26.2 Å². The van der Waals surface area contributed by atoms with Crippen LogP contribution in [0.25, 0.3) is 0 Å². The zero-order valence-electron chi connectivity index (χ0n) is 7.22. The summed E-state index contributed by atoms with van der Waals surface area (Å²) in [6.45, 7) is 1.57. The summed E-state index contributed by atoms with van der Waals surface area (Å²) in [7, 11) is 0. The summed E-state index contributed by atoms with van der Waals surface area (Å²) in [6, 6.07) is 0. The number of unbranched alkanes of at least 4 members (excludes halogenated alkanes) is 1. The van der Waals surface area contributed by atoms with Gasteiger partial charge in [0.25, 0.3) is 0 Å². The summed E-state index contributed by atoms with van der Waals surface area (Å²) >= 11 is 6.91. The molecule has 0 aliphatic heterocycles. The summed E-state index contributed by atoms with van der Waals surface area (Å²) in [6.07, 6.45) is 6.85. The van der Waals surface area contributed by atoms with Crippen molar-refractivity contribution in [1.29, 1.82) is 0 Å². The molecule has 0 saturated heterocycles. The second kappa shape index (κ2) is 7.99. The number of allylic oxidation sites excluding steroid dienone is 2. The highest BCUT2D eigenvalue weighted by molar-refractivity contribution is 9.12. The third kappa shape index (κ3) is 8.47. The van der Waals surface area contributed by atoms with E-state index in [1.54, 1.807) is 13.0 Å². The van der Waals surface area contributed by atoms with Crippen molar-refractivity contribution in [3.05, 3.63) is 12.2 Å². The van der Waals surface area contributed by atoms with Crippen molar-refractivity contribution in [2.24, 2.45) is 0 Å². The van der Waals surface area contributed by atoms with Crippen LogP contribution in [0.2, 0.25) is 0 Å². The van der Waals surface area contributed by atoms with E-state index in [4.69, 9.17) is 0 Å². The van der Waals surface area contributed by atoms with E-state index in [0.29, 0.717) is 4.83 Å². The molecule has 0 aromatic heterocycles. The van der Waals surface area contributed by atoms with Crippen molar-refractivity contribution in [3.63, 3.8) is 0 Å². The first-order chi connectivity index (χ1) is 5.66. The second-order valence-electron chi connectivity index (χ2n) is 2.70. The SMILES string of the molecule is CC(=O)/C=C/CCCC(Br)CBr. The van der Waals surface area contributed by atoms with Gasteiger partial charge in [0.15, 0.2) is 5.78 Å². The summed E-state index contributed by atoms with van der Waals surface area (Å²) in [5.41, 5.74) is 0.